The van der Waals surface area contributed by atoms with Crippen LogP contribution in [0.2, 0.25) is 0 Å². The van der Waals surface area contributed by atoms with Crippen molar-refractivity contribution in [1.29, 1.82) is 0 Å². The van der Waals surface area contributed by atoms with Gasteiger partial charge in [0, 0.05) is 96.6 Å². The van der Waals surface area contributed by atoms with Gasteiger partial charge in [-0.3, -0.25) is 0 Å². The average Bonchev–Trinajstić information content (AvgIpc) is 3.64. The van der Waals surface area contributed by atoms with Gasteiger partial charge in [0.1, 0.15) is 0 Å². The van der Waals surface area contributed by atoms with E-state index < -0.39 is 0 Å². The maximum atomic E-state index is 2.69. The van der Waals surface area contributed by atoms with Gasteiger partial charge in [0.05, 0.1) is 0 Å². The van der Waals surface area contributed by atoms with Gasteiger partial charge in [-0.2, -0.15) is 0 Å². The Bertz CT molecular complexity index is 4170. The summed E-state index contributed by atoms with van der Waals surface area (Å²) in [4.78, 5) is 15.6. The molecule has 0 N–H and O–H groups in total. The van der Waals surface area contributed by atoms with Crippen LogP contribution in [0.5, 0.6) is 0 Å². The average molecular weight is 1030 g/mol. The largest absolute Gasteiger partial charge is 0.376 e. The summed E-state index contributed by atoms with van der Waals surface area (Å²) in [7, 11) is 0. The lowest BCUT2D eigenvalue weighted by Gasteiger charge is -2.56. The second kappa shape index (κ2) is 17.1. The fraction of sp³-hybridized carbons (Fsp3) is 0. The molecule has 0 aliphatic carbocycles. The summed E-state index contributed by atoms with van der Waals surface area (Å²) >= 11 is 0. The molecule has 9 heteroatoms. The van der Waals surface area contributed by atoms with E-state index in [2.05, 4.69) is 314 Å². The van der Waals surface area contributed by atoms with E-state index in [-0.39, 0.29) is 20.4 Å². The Morgan fingerprint density at radius 1 is 0.247 bits per heavy atom. The van der Waals surface area contributed by atoms with E-state index in [1.807, 2.05) is 0 Å². The van der Waals surface area contributed by atoms with Crippen LogP contribution in [0.1, 0.15) is 0 Å². The van der Waals surface area contributed by atoms with Gasteiger partial charge in [-0.15, -0.1) is 0 Å². The lowest BCUT2D eigenvalue weighted by atomic mass is 9.28. The van der Waals surface area contributed by atoms with E-state index in [4.69, 9.17) is 0 Å². The van der Waals surface area contributed by atoms with Crippen molar-refractivity contribution in [3.05, 3.63) is 285 Å². The van der Waals surface area contributed by atoms with Crippen LogP contribution in [0.25, 0.3) is 11.1 Å². The van der Waals surface area contributed by atoms with Gasteiger partial charge >= 0.3 is 13.7 Å². The first kappa shape index (κ1) is 44.6. The molecule has 0 saturated heterocycles. The van der Waals surface area contributed by atoms with Gasteiger partial charge in [-0.25, -0.2) is 0 Å². The van der Waals surface area contributed by atoms with E-state index in [1.54, 1.807) is 0 Å². The Labute approximate surface area is 472 Å². The molecule has 0 aromatic heterocycles. The second-order valence-corrected chi connectivity index (χ2v) is 21.9. The smallest absolute Gasteiger partial charge is 0.333 e. The van der Waals surface area contributed by atoms with Crippen molar-refractivity contribution in [1.82, 2.24) is 0 Å². The van der Waals surface area contributed by atoms with Gasteiger partial charge in [-0.05, 0) is 165 Å². The third-order valence-electron chi connectivity index (χ3n) is 17.9. The highest BCUT2D eigenvalue weighted by Crippen LogP contribution is 2.57. The van der Waals surface area contributed by atoms with Gasteiger partial charge < -0.3 is 29.2 Å². The molecule has 374 valence electrons. The molecule has 0 fully saturated rings. The van der Waals surface area contributed by atoms with Crippen molar-refractivity contribution in [2.45, 2.75) is 0 Å². The topological polar surface area (TPSA) is 19.4 Å². The summed E-state index contributed by atoms with van der Waals surface area (Å²) in [5.74, 6) is 0. The maximum Gasteiger partial charge on any atom is 0.333 e. The minimum atomic E-state index is -0.182. The van der Waals surface area contributed by atoms with E-state index in [1.165, 1.54) is 94.9 Å². The fourth-order valence-corrected chi connectivity index (χ4v) is 14.9. The predicted octanol–water partition coefficient (Wildman–Crippen LogP) is 13.5. The molecule has 0 unspecified atom stereocenters. The first-order chi connectivity index (χ1) is 40.3. The molecule has 0 amide bonds. The molecule has 0 radical (unpaired) electrons. The first-order valence-corrected chi connectivity index (χ1v) is 28.2. The molecule has 6 heterocycles. The van der Waals surface area contributed by atoms with Crippen molar-refractivity contribution in [2.75, 3.05) is 29.2 Å². The van der Waals surface area contributed by atoms with Crippen LogP contribution < -0.4 is 67.5 Å². The number of para-hydroxylation sites is 8. The summed E-state index contributed by atoms with van der Waals surface area (Å²) in [6, 6.07) is 106. The molecule has 0 atom stereocenters. The number of hydrogen-bond acceptors (Lipinski definition) is 6. The lowest BCUT2D eigenvalue weighted by molar-refractivity contribution is 1.22. The quantitative estimate of drug-likeness (QED) is 0.140. The first-order valence-electron chi connectivity index (χ1n) is 28.2. The highest BCUT2D eigenvalue weighted by atomic mass is 15.2. The molecule has 0 saturated carbocycles. The standard InChI is InChI=1S/C72H47B3N6/c1-7-24-48(25-8-1)76(49-26-9-2-10-27-49)54-42-44-58-64(46-54)78-60-38-21-19-36-56(60)73-57-37-20-22-39-61(57)79-65-47-55(77(50-28-11-3-12-29-50)51-30-13-4-14-31-51)43-45-59(65)75-69-67-66-62(40-23-41-63(66)81(75)53-34-17-6-18-35-53)80(52-32-15-5-16-33-52)74(58)68(67)71(78)70(73)72(69)79/h1-47H. The zero-order valence-electron chi connectivity index (χ0n) is 44.1. The molecule has 6 aliphatic rings. The van der Waals surface area contributed by atoms with Crippen molar-refractivity contribution in [2.24, 2.45) is 0 Å². The van der Waals surface area contributed by atoms with Crippen LogP contribution >= 0.6 is 0 Å². The number of fused-ring (bicyclic) bond motifs is 12. The SMILES string of the molecule is c1ccc(N2B3c4ccc(N(c5ccccc5)c5ccccc5)cc4N4c5ccccc5B5c6ccccc6N6c7cc(N(c8ccccc8)c8ccccc8)ccc7B7c8c(c3c4c5c86)-c3c2cccc3N7c2ccccc2)cc1. The highest BCUT2D eigenvalue weighted by Gasteiger charge is 2.59. The van der Waals surface area contributed by atoms with Crippen LogP contribution in [-0.2, 0) is 0 Å². The van der Waals surface area contributed by atoms with Crippen molar-refractivity contribution in [3.63, 3.8) is 0 Å². The molecule has 0 bridgehead atoms. The summed E-state index contributed by atoms with van der Waals surface area (Å²) < 4.78 is 0. The predicted molar refractivity (Wildman–Crippen MR) is 342 cm³/mol. The molecule has 12 aromatic carbocycles. The normalized spacial score (nSPS) is 13.8. The molecule has 12 aromatic rings. The second-order valence-electron chi connectivity index (χ2n) is 21.9. The third-order valence-corrected chi connectivity index (χ3v) is 17.9. The van der Waals surface area contributed by atoms with Gasteiger partial charge in [0.25, 0.3) is 6.71 Å². The highest BCUT2D eigenvalue weighted by molar-refractivity contribution is 7.05. The Balaban J connectivity index is 0.999. The van der Waals surface area contributed by atoms with Gasteiger partial charge in [0.2, 0.25) is 0 Å². The molecule has 6 nitrogen and oxygen atoms in total. The van der Waals surface area contributed by atoms with E-state index in [0.29, 0.717) is 0 Å². The van der Waals surface area contributed by atoms with Gasteiger partial charge in [-0.1, -0.05) is 164 Å². The number of benzene rings is 12. The molecule has 81 heavy (non-hydrogen) atoms. The van der Waals surface area contributed by atoms with Crippen molar-refractivity contribution < 1.29 is 0 Å². The molecular weight excluding hydrogens is 981 g/mol. The van der Waals surface area contributed by atoms with Gasteiger partial charge in [0.15, 0.2) is 0 Å². The fourth-order valence-electron chi connectivity index (χ4n) is 14.9. The molecule has 6 aliphatic heterocycles. The number of rotatable bonds is 8. The van der Waals surface area contributed by atoms with Crippen LogP contribution in [0.3, 0.4) is 0 Å². The van der Waals surface area contributed by atoms with Crippen molar-refractivity contribution in [3.8, 4) is 11.1 Å². The summed E-state index contributed by atoms with van der Waals surface area (Å²) in [5.41, 5.74) is 30.6. The molecule has 18 rings (SSSR count). The van der Waals surface area contributed by atoms with E-state index in [9.17, 15) is 0 Å². The van der Waals surface area contributed by atoms with Crippen molar-refractivity contribution >= 4 is 150 Å². The van der Waals surface area contributed by atoms with Crippen LogP contribution in [-0.4, -0.2) is 20.4 Å². The maximum absolute atomic E-state index is 2.69. The Hall–Kier alpha value is -10.4. The zero-order valence-corrected chi connectivity index (χ0v) is 44.1. The zero-order chi connectivity index (χ0) is 52.9. The summed E-state index contributed by atoms with van der Waals surface area (Å²) in [5, 5.41) is 0. The number of nitrogens with zero attached hydrogens (tertiary/aromatic N) is 6. The minimum Gasteiger partial charge on any atom is -0.376 e. The Morgan fingerprint density at radius 3 is 0.988 bits per heavy atom. The van der Waals surface area contributed by atoms with Crippen LogP contribution in [0.4, 0.5) is 91.0 Å². The Morgan fingerprint density at radius 2 is 0.593 bits per heavy atom. The van der Waals surface area contributed by atoms with Crippen LogP contribution in [0, 0.1) is 0 Å². The number of anilines is 16. The minimum absolute atomic E-state index is 0.0589. The summed E-state index contributed by atoms with van der Waals surface area (Å²) in [6.45, 7) is -0.423. The molecular formula is C72H47B3N6. The molecule has 0 spiro atoms. The number of hydrogen-bond donors (Lipinski definition) is 0. The third kappa shape index (κ3) is 6.15. The lowest BCUT2D eigenvalue weighted by Crippen LogP contribution is -2.74. The van der Waals surface area contributed by atoms with E-state index >= 15 is 0 Å². The monoisotopic (exact) mass is 1030 g/mol. The van der Waals surface area contributed by atoms with E-state index in [0.717, 1.165) is 45.5 Å². The Kier molecular flexibility index (Phi) is 9.40. The summed E-state index contributed by atoms with van der Waals surface area (Å²) in [6.07, 6.45) is 0. The van der Waals surface area contributed by atoms with Crippen LogP contribution in [0.15, 0.2) is 285 Å².